The first-order valence-corrected chi connectivity index (χ1v) is 10.7. The molecule has 1 aliphatic heterocycles. The number of carbonyl (C=O) groups is 1. The predicted octanol–water partition coefficient (Wildman–Crippen LogP) is 1.46. The topological polar surface area (TPSA) is 82.2 Å². The van der Waals surface area contributed by atoms with Gasteiger partial charge in [-0.25, -0.2) is 9.50 Å². The van der Waals surface area contributed by atoms with Crippen LogP contribution in [0.4, 0.5) is 13.2 Å². The molecule has 33 heavy (non-hydrogen) atoms. The van der Waals surface area contributed by atoms with E-state index in [1.54, 1.807) is 24.3 Å². The largest absolute Gasteiger partial charge is 0.497 e. The molecule has 1 aliphatic rings. The van der Waals surface area contributed by atoms with Gasteiger partial charge in [0.25, 0.3) is 5.91 Å². The van der Waals surface area contributed by atoms with Gasteiger partial charge in [0.2, 0.25) is 0 Å². The Morgan fingerprint density at radius 1 is 1.21 bits per heavy atom. The third-order valence-electron chi connectivity index (χ3n) is 5.53. The maximum atomic E-state index is 13.7. The quantitative estimate of drug-likeness (QED) is 0.518. The lowest BCUT2D eigenvalue weighted by molar-refractivity contribution is -0.908. The number of amides is 1. The van der Waals surface area contributed by atoms with Gasteiger partial charge in [0, 0.05) is 24.6 Å². The van der Waals surface area contributed by atoms with E-state index in [0.29, 0.717) is 22.4 Å². The van der Waals surface area contributed by atoms with Crippen LogP contribution < -0.4 is 15.0 Å². The number of fused-ring (bicyclic) bond motifs is 1. The molecule has 0 unspecified atom stereocenters. The van der Waals surface area contributed by atoms with Gasteiger partial charge in [0.05, 0.1) is 32.6 Å². The number of rotatable bonds is 7. The van der Waals surface area contributed by atoms with E-state index in [1.807, 2.05) is 0 Å². The molecular weight excluding hydrogens is 439 g/mol. The van der Waals surface area contributed by atoms with Crippen molar-refractivity contribution in [2.24, 2.45) is 0 Å². The van der Waals surface area contributed by atoms with Gasteiger partial charge in [-0.3, -0.25) is 4.79 Å². The van der Waals surface area contributed by atoms with Crippen molar-refractivity contribution in [1.82, 2.24) is 19.9 Å². The van der Waals surface area contributed by atoms with E-state index in [4.69, 9.17) is 9.47 Å². The number of nitrogens with zero attached hydrogens (tertiary/aromatic N) is 3. The molecule has 3 aromatic rings. The molecule has 176 valence electrons. The molecule has 0 bridgehead atoms. The number of alkyl halides is 3. The van der Waals surface area contributed by atoms with Crippen LogP contribution in [0.2, 0.25) is 0 Å². The summed E-state index contributed by atoms with van der Waals surface area (Å²) in [6, 6.07) is 8.72. The van der Waals surface area contributed by atoms with E-state index in [0.717, 1.165) is 45.3 Å². The zero-order valence-electron chi connectivity index (χ0n) is 18.1. The summed E-state index contributed by atoms with van der Waals surface area (Å²) in [4.78, 5) is 18.2. The highest BCUT2D eigenvalue weighted by Crippen LogP contribution is 2.32. The fraction of sp³-hybridized carbons (Fsp3) is 0.409. The SMILES string of the molecule is COc1ccc(-c2cc(C(F)(F)F)n3nc(C(=O)NCCC[NH+]4CCOCC4)cc3n2)cc1. The number of aromatic nitrogens is 3. The Morgan fingerprint density at radius 2 is 1.94 bits per heavy atom. The highest BCUT2D eigenvalue weighted by atomic mass is 19.4. The fourth-order valence-electron chi connectivity index (χ4n) is 3.74. The standard InChI is InChI=1S/C22H24F3N5O3/c1-32-16-5-3-15(4-6-16)17-13-19(22(23,24)25)30-20(27-17)14-18(28-30)21(31)26-7-2-8-29-9-11-33-12-10-29/h3-6,13-14H,2,7-12H2,1H3,(H,26,31)/p+1. The average Bonchev–Trinajstić information content (AvgIpc) is 3.25. The summed E-state index contributed by atoms with van der Waals surface area (Å²) in [7, 11) is 1.50. The van der Waals surface area contributed by atoms with Crippen molar-refractivity contribution < 1.29 is 32.3 Å². The normalized spacial score (nSPS) is 15.0. The first-order chi connectivity index (χ1) is 15.8. The summed E-state index contributed by atoms with van der Waals surface area (Å²) in [5.74, 6) is 0.0472. The zero-order chi connectivity index (χ0) is 23.4. The number of methoxy groups -OCH3 is 1. The van der Waals surface area contributed by atoms with Crippen molar-refractivity contribution >= 4 is 11.6 Å². The van der Waals surface area contributed by atoms with E-state index in [2.05, 4.69) is 15.4 Å². The summed E-state index contributed by atoms with van der Waals surface area (Å²) in [5.41, 5.74) is -0.565. The predicted molar refractivity (Wildman–Crippen MR) is 113 cm³/mol. The van der Waals surface area contributed by atoms with Crippen molar-refractivity contribution in [1.29, 1.82) is 0 Å². The minimum absolute atomic E-state index is 0.0569. The highest BCUT2D eigenvalue weighted by Gasteiger charge is 2.35. The smallest absolute Gasteiger partial charge is 0.433 e. The van der Waals surface area contributed by atoms with E-state index in [1.165, 1.54) is 18.1 Å². The molecule has 11 heteroatoms. The van der Waals surface area contributed by atoms with Crippen LogP contribution in [0, 0.1) is 0 Å². The molecule has 0 spiro atoms. The van der Waals surface area contributed by atoms with Crippen LogP contribution in [-0.4, -0.2) is 67.0 Å². The van der Waals surface area contributed by atoms with Gasteiger partial charge >= 0.3 is 6.18 Å². The Kier molecular flexibility index (Phi) is 6.80. The van der Waals surface area contributed by atoms with Crippen LogP contribution in [0.5, 0.6) is 5.75 Å². The lowest BCUT2D eigenvalue weighted by atomic mass is 10.1. The van der Waals surface area contributed by atoms with Crippen molar-refractivity contribution in [3.05, 3.63) is 47.8 Å². The van der Waals surface area contributed by atoms with E-state index in [9.17, 15) is 18.0 Å². The summed E-state index contributed by atoms with van der Waals surface area (Å²) in [6.45, 7) is 4.63. The maximum absolute atomic E-state index is 13.7. The number of hydrogen-bond donors (Lipinski definition) is 2. The lowest BCUT2D eigenvalue weighted by Gasteiger charge is -2.23. The fourth-order valence-corrected chi connectivity index (χ4v) is 3.74. The van der Waals surface area contributed by atoms with Crippen molar-refractivity contribution in [3.63, 3.8) is 0 Å². The Morgan fingerprint density at radius 3 is 2.61 bits per heavy atom. The van der Waals surface area contributed by atoms with Crippen LogP contribution in [0.1, 0.15) is 22.6 Å². The van der Waals surface area contributed by atoms with Gasteiger partial charge < -0.3 is 19.7 Å². The molecule has 0 saturated carbocycles. The third kappa shape index (κ3) is 5.42. The first kappa shape index (κ1) is 23.0. The van der Waals surface area contributed by atoms with Gasteiger partial charge in [0.15, 0.2) is 17.0 Å². The molecule has 1 amide bonds. The summed E-state index contributed by atoms with van der Waals surface area (Å²) in [6.07, 6.45) is -3.93. The minimum Gasteiger partial charge on any atom is -0.497 e. The molecule has 0 radical (unpaired) electrons. The van der Waals surface area contributed by atoms with Gasteiger partial charge in [-0.05, 0) is 30.3 Å². The maximum Gasteiger partial charge on any atom is 0.433 e. The molecule has 4 rings (SSSR count). The molecule has 2 N–H and O–H groups in total. The Balaban J connectivity index is 1.52. The Bertz CT molecular complexity index is 1110. The second-order valence-corrected chi connectivity index (χ2v) is 7.77. The second kappa shape index (κ2) is 9.75. The summed E-state index contributed by atoms with van der Waals surface area (Å²) in [5, 5.41) is 6.62. The minimum atomic E-state index is -4.68. The van der Waals surface area contributed by atoms with Crippen molar-refractivity contribution in [2.45, 2.75) is 12.6 Å². The first-order valence-electron chi connectivity index (χ1n) is 10.7. The molecule has 1 saturated heterocycles. The molecule has 3 heterocycles. The molecule has 0 atom stereocenters. The van der Waals surface area contributed by atoms with Crippen LogP contribution in [0.25, 0.3) is 16.9 Å². The van der Waals surface area contributed by atoms with Crippen LogP contribution in [-0.2, 0) is 10.9 Å². The second-order valence-electron chi connectivity index (χ2n) is 7.77. The number of ether oxygens (including phenoxy) is 2. The van der Waals surface area contributed by atoms with Crippen molar-refractivity contribution in [2.75, 3.05) is 46.5 Å². The van der Waals surface area contributed by atoms with Crippen LogP contribution in [0.15, 0.2) is 36.4 Å². The number of quaternary nitrogens is 1. The molecule has 1 fully saturated rings. The molecule has 1 aromatic carbocycles. The summed E-state index contributed by atoms with van der Waals surface area (Å²) < 4.78 is 52.3. The number of carbonyl (C=O) groups excluding carboxylic acids is 1. The molecule has 0 aliphatic carbocycles. The molecule has 8 nitrogen and oxygen atoms in total. The van der Waals surface area contributed by atoms with Gasteiger partial charge in [0.1, 0.15) is 18.8 Å². The number of morpholine rings is 1. The zero-order valence-corrected chi connectivity index (χ0v) is 18.1. The average molecular weight is 464 g/mol. The summed E-state index contributed by atoms with van der Waals surface area (Å²) >= 11 is 0. The van der Waals surface area contributed by atoms with Gasteiger partial charge in [-0.2, -0.15) is 18.3 Å². The third-order valence-corrected chi connectivity index (χ3v) is 5.53. The van der Waals surface area contributed by atoms with E-state index >= 15 is 0 Å². The molecule has 2 aromatic heterocycles. The van der Waals surface area contributed by atoms with Crippen molar-refractivity contribution in [3.8, 4) is 17.0 Å². The number of halogens is 3. The monoisotopic (exact) mass is 464 g/mol. The molecular formula is C22H25F3N5O3+. The van der Waals surface area contributed by atoms with Gasteiger partial charge in [-0.15, -0.1) is 0 Å². The van der Waals surface area contributed by atoms with Crippen LogP contribution >= 0.6 is 0 Å². The number of nitrogens with one attached hydrogen (secondary N) is 2. The lowest BCUT2D eigenvalue weighted by Crippen LogP contribution is -3.14. The van der Waals surface area contributed by atoms with Gasteiger partial charge in [-0.1, -0.05) is 0 Å². The van der Waals surface area contributed by atoms with E-state index in [-0.39, 0.29) is 17.0 Å². The number of benzene rings is 1. The number of hydrogen-bond acceptors (Lipinski definition) is 5. The van der Waals surface area contributed by atoms with Crippen LogP contribution in [0.3, 0.4) is 0 Å². The highest BCUT2D eigenvalue weighted by molar-refractivity contribution is 5.93. The Labute approximate surface area is 188 Å². The van der Waals surface area contributed by atoms with E-state index < -0.39 is 17.8 Å². The Hall–Kier alpha value is -3.18.